The highest BCUT2D eigenvalue weighted by atomic mass is 31.1. The van der Waals surface area contributed by atoms with Crippen molar-refractivity contribution in [2.24, 2.45) is 10.9 Å². The molecular formula is C26H19F5NP. The third kappa shape index (κ3) is 4.53. The number of rotatable bonds is 6. The van der Waals surface area contributed by atoms with E-state index in [4.69, 9.17) is 0 Å². The van der Waals surface area contributed by atoms with Crippen molar-refractivity contribution in [3.05, 3.63) is 119 Å². The van der Waals surface area contributed by atoms with Crippen LogP contribution < -0.4 is 10.6 Å². The maximum atomic E-state index is 14.0. The van der Waals surface area contributed by atoms with Crippen LogP contribution in [0.3, 0.4) is 0 Å². The summed E-state index contributed by atoms with van der Waals surface area (Å²) in [5.41, 5.74) is -1.04. The Kier molecular flexibility index (Phi) is 6.85. The fourth-order valence-electron chi connectivity index (χ4n) is 3.74. The molecule has 0 spiro atoms. The third-order valence-electron chi connectivity index (χ3n) is 5.42. The minimum absolute atomic E-state index is 0.200. The van der Waals surface area contributed by atoms with Gasteiger partial charge >= 0.3 is 0 Å². The molecule has 1 aliphatic carbocycles. The predicted octanol–water partition coefficient (Wildman–Crippen LogP) is 6.39. The number of halogens is 5. The van der Waals surface area contributed by atoms with Gasteiger partial charge in [-0.05, 0) is 30.8 Å². The first-order valence-electron chi connectivity index (χ1n) is 10.2. The van der Waals surface area contributed by atoms with Crippen LogP contribution in [0.4, 0.5) is 22.0 Å². The third-order valence-corrected chi connectivity index (χ3v) is 8.01. The zero-order chi connectivity index (χ0) is 23.5. The molecule has 7 heteroatoms. The lowest BCUT2D eigenvalue weighted by Crippen LogP contribution is -2.20. The Morgan fingerprint density at radius 2 is 1.24 bits per heavy atom. The maximum Gasteiger partial charge on any atom is 0.200 e. The van der Waals surface area contributed by atoms with Crippen LogP contribution in [0.15, 0.2) is 89.2 Å². The van der Waals surface area contributed by atoms with Crippen molar-refractivity contribution in [3.8, 4) is 0 Å². The first kappa shape index (κ1) is 23.1. The lowest BCUT2D eigenvalue weighted by Gasteiger charge is -2.27. The van der Waals surface area contributed by atoms with Crippen molar-refractivity contribution in [3.63, 3.8) is 0 Å². The van der Waals surface area contributed by atoms with Crippen molar-refractivity contribution in [2.45, 2.75) is 13.0 Å². The van der Waals surface area contributed by atoms with Gasteiger partial charge in [0.15, 0.2) is 23.3 Å². The molecule has 3 aromatic carbocycles. The van der Waals surface area contributed by atoms with Gasteiger partial charge in [0.2, 0.25) is 5.82 Å². The molecule has 0 saturated heterocycles. The van der Waals surface area contributed by atoms with Gasteiger partial charge in [-0.1, -0.05) is 78.9 Å². The number of aliphatic imine (C=N–C) groups is 1. The molecule has 1 nitrogen and oxygen atoms in total. The highest BCUT2D eigenvalue weighted by Gasteiger charge is 2.30. The van der Waals surface area contributed by atoms with E-state index in [0.29, 0.717) is 0 Å². The molecule has 0 aromatic heterocycles. The summed E-state index contributed by atoms with van der Waals surface area (Å²) in [5, 5.41) is 3.36. The van der Waals surface area contributed by atoms with Crippen LogP contribution in [-0.4, -0.2) is 12.3 Å². The van der Waals surface area contributed by atoms with Crippen molar-refractivity contribution in [2.75, 3.05) is 0 Å². The molecule has 1 aliphatic rings. The lowest BCUT2D eigenvalue weighted by atomic mass is 10.0. The van der Waals surface area contributed by atoms with Gasteiger partial charge < -0.3 is 0 Å². The molecule has 0 fully saturated rings. The Bertz CT molecular complexity index is 1170. The number of hydrogen-bond donors (Lipinski definition) is 0. The lowest BCUT2D eigenvalue weighted by molar-refractivity contribution is 0.377. The van der Waals surface area contributed by atoms with Gasteiger partial charge in [-0.2, -0.15) is 0 Å². The van der Waals surface area contributed by atoms with Gasteiger partial charge in [-0.15, -0.1) is 0 Å². The fraction of sp³-hybridized carbons (Fsp3) is 0.115. The zero-order valence-corrected chi connectivity index (χ0v) is 18.4. The van der Waals surface area contributed by atoms with Gasteiger partial charge in [0, 0.05) is 12.1 Å². The van der Waals surface area contributed by atoms with Crippen molar-refractivity contribution in [1.29, 1.82) is 0 Å². The molecule has 168 valence electrons. The number of allylic oxidation sites excluding steroid dienone is 2. The molecule has 3 aromatic rings. The minimum atomic E-state index is -2.18. The Labute approximate surface area is 189 Å². The van der Waals surface area contributed by atoms with Gasteiger partial charge in [0.05, 0.1) is 11.6 Å². The molecule has 0 radical (unpaired) electrons. The van der Waals surface area contributed by atoms with Gasteiger partial charge in [-0.3, -0.25) is 4.99 Å². The Morgan fingerprint density at radius 3 is 1.76 bits per heavy atom. The van der Waals surface area contributed by atoms with Crippen molar-refractivity contribution in [1.82, 2.24) is 0 Å². The van der Waals surface area contributed by atoms with E-state index in [9.17, 15) is 22.0 Å². The largest absolute Gasteiger partial charge is 0.288 e. The first-order chi connectivity index (χ1) is 15.9. The maximum absolute atomic E-state index is 14.0. The Hall–Kier alpha value is -3.11. The summed E-state index contributed by atoms with van der Waals surface area (Å²) in [7, 11) is -0.909. The highest BCUT2D eigenvalue weighted by Crippen LogP contribution is 2.50. The standard InChI is InChI=1S/C26H19F5NP/c1-16(32-15-20-22(27)24(29)26(31)25(30)23(20)28)19-13-8-14-21(19)33(17-9-4-2-5-10-17)18-11-6-3-7-12-18/h2-16,19H,1H3/t16-,19?/m1/s1. The van der Waals surface area contributed by atoms with E-state index in [1.54, 1.807) is 6.92 Å². The van der Waals surface area contributed by atoms with Crippen molar-refractivity contribution < 1.29 is 22.0 Å². The number of benzene rings is 3. The molecule has 4 rings (SSSR count). The van der Waals surface area contributed by atoms with Gasteiger partial charge in [-0.25, -0.2) is 22.0 Å². The average molecular weight is 471 g/mol. The number of hydrogen-bond acceptors (Lipinski definition) is 1. The van der Waals surface area contributed by atoms with Crippen LogP contribution in [-0.2, 0) is 0 Å². The van der Waals surface area contributed by atoms with Gasteiger partial charge in [0.1, 0.15) is 0 Å². The van der Waals surface area contributed by atoms with Crippen LogP contribution in [0.1, 0.15) is 12.5 Å². The van der Waals surface area contributed by atoms with Crippen LogP contribution in [0.2, 0.25) is 0 Å². The molecule has 0 aliphatic heterocycles. The summed E-state index contributed by atoms with van der Waals surface area (Å²) >= 11 is 0. The quantitative estimate of drug-likeness (QED) is 0.130. The predicted molar refractivity (Wildman–Crippen MR) is 123 cm³/mol. The second-order valence-electron chi connectivity index (χ2n) is 7.51. The van der Waals surface area contributed by atoms with Crippen molar-refractivity contribution >= 4 is 24.7 Å². The molecule has 0 heterocycles. The molecular weight excluding hydrogens is 452 g/mol. The minimum Gasteiger partial charge on any atom is -0.288 e. The zero-order valence-electron chi connectivity index (χ0n) is 17.5. The van der Waals surface area contributed by atoms with Gasteiger partial charge in [0.25, 0.3) is 0 Å². The fourth-order valence-corrected chi connectivity index (χ4v) is 6.41. The van der Waals surface area contributed by atoms with Crippen LogP contribution >= 0.6 is 7.92 Å². The molecule has 33 heavy (non-hydrogen) atoms. The monoisotopic (exact) mass is 471 g/mol. The van der Waals surface area contributed by atoms with E-state index in [2.05, 4.69) is 29.3 Å². The number of nitrogens with zero attached hydrogens (tertiary/aromatic N) is 1. The average Bonchev–Trinajstić information content (AvgIpc) is 3.32. The summed E-state index contributed by atoms with van der Waals surface area (Å²) < 4.78 is 68.5. The highest BCUT2D eigenvalue weighted by molar-refractivity contribution is 7.76. The summed E-state index contributed by atoms with van der Waals surface area (Å²) in [6.45, 7) is 1.75. The summed E-state index contributed by atoms with van der Waals surface area (Å²) in [6.07, 6.45) is 6.60. The molecule has 1 unspecified atom stereocenters. The molecule has 0 N–H and O–H groups in total. The molecule has 0 saturated carbocycles. The van der Waals surface area contributed by atoms with Crippen LogP contribution in [0.25, 0.3) is 0 Å². The van der Waals surface area contributed by atoms with E-state index in [-0.39, 0.29) is 5.92 Å². The van der Waals surface area contributed by atoms with E-state index >= 15 is 0 Å². The first-order valence-corrected chi connectivity index (χ1v) is 11.6. The topological polar surface area (TPSA) is 12.4 Å². The summed E-state index contributed by atoms with van der Waals surface area (Å²) in [5.74, 6) is -10.1. The second-order valence-corrected chi connectivity index (χ2v) is 9.73. The Balaban J connectivity index is 1.67. The summed E-state index contributed by atoms with van der Waals surface area (Å²) in [4.78, 5) is 4.19. The molecule has 2 atom stereocenters. The summed E-state index contributed by atoms with van der Waals surface area (Å²) in [6, 6.07) is 19.5. The van der Waals surface area contributed by atoms with E-state index in [0.717, 1.165) is 22.1 Å². The van der Waals surface area contributed by atoms with E-state index < -0.39 is 48.6 Å². The smallest absolute Gasteiger partial charge is 0.200 e. The SMILES string of the molecule is C[C@@H](N=Cc1c(F)c(F)c(F)c(F)c1F)C1C=CC=C1P(c1ccccc1)c1ccccc1. The molecule has 0 bridgehead atoms. The second kappa shape index (κ2) is 9.80. The normalized spacial score (nSPS) is 16.6. The molecule has 0 amide bonds. The van der Waals surface area contributed by atoms with Crippen LogP contribution in [0, 0.1) is 35.0 Å². The van der Waals surface area contributed by atoms with E-state index in [1.165, 1.54) is 0 Å². The van der Waals surface area contributed by atoms with Crippen LogP contribution in [0.5, 0.6) is 0 Å². The Morgan fingerprint density at radius 1 is 0.758 bits per heavy atom. The van der Waals surface area contributed by atoms with E-state index in [1.807, 2.05) is 54.6 Å².